The molecule has 0 saturated heterocycles. The van der Waals surface area contributed by atoms with E-state index in [0.717, 1.165) is 42.3 Å². The highest BCUT2D eigenvalue weighted by atomic mass is 16.2. The third-order valence-electron chi connectivity index (χ3n) is 5.10. The van der Waals surface area contributed by atoms with Gasteiger partial charge >= 0.3 is 0 Å². The number of amides is 1. The van der Waals surface area contributed by atoms with Crippen molar-refractivity contribution in [3.63, 3.8) is 0 Å². The molecule has 0 aliphatic carbocycles. The Morgan fingerprint density at radius 2 is 1.89 bits per heavy atom. The van der Waals surface area contributed by atoms with Gasteiger partial charge < -0.3 is 9.80 Å². The van der Waals surface area contributed by atoms with E-state index in [1.165, 1.54) is 0 Å². The predicted molar refractivity (Wildman–Crippen MR) is 110 cm³/mol. The van der Waals surface area contributed by atoms with Crippen LogP contribution in [-0.2, 0) is 4.79 Å². The van der Waals surface area contributed by atoms with Crippen LogP contribution in [0.4, 0.5) is 11.5 Å². The van der Waals surface area contributed by atoms with Crippen molar-refractivity contribution in [2.45, 2.75) is 32.7 Å². The molecule has 0 unspecified atom stereocenters. The van der Waals surface area contributed by atoms with E-state index in [2.05, 4.69) is 21.8 Å². The van der Waals surface area contributed by atoms with E-state index in [1.54, 1.807) is 24.3 Å². The molecular weight excluding hydrogens is 352 g/mol. The number of aromatic nitrogens is 4. The van der Waals surface area contributed by atoms with Gasteiger partial charge in [0.25, 0.3) is 0 Å². The topological polar surface area (TPSA) is 67.2 Å². The van der Waals surface area contributed by atoms with Crippen molar-refractivity contribution >= 4 is 17.4 Å². The molecule has 144 valence electrons. The number of anilines is 2. The van der Waals surface area contributed by atoms with Crippen molar-refractivity contribution in [3.8, 4) is 17.3 Å². The number of fused-ring (bicyclic) bond motifs is 1. The lowest BCUT2D eigenvalue weighted by Gasteiger charge is -2.40. The van der Waals surface area contributed by atoms with Gasteiger partial charge in [-0.25, -0.2) is 9.97 Å². The molecule has 1 atom stereocenters. The van der Waals surface area contributed by atoms with Crippen molar-refractivity contribution in [1.82, 2.24) is 19.5 Å². The molecule has 0 spiro atoms. The molecule has 3 heterocycles. The third-order valence-corrected chi connectivity index (χ3v) is 5.10. The molecule has 2 aromatic heterocycles. The number of carbonyl (C=O) groups is 1. The zero-order chi connectivity index (χ0) is 19.7. The first-order valence-electron chi connectivity index (χ1n) is 9.66. The number of nitrogens with zero attached hydrogens (tertiary/aromatic N) is 6. The maximum Gasteiger partial charge on any atom is 0.249 e. The number of benzene rings is 1. The molecule has 1 aliphatic heterocycles. The van der Waals surface area contributed by atoms with E-state index in [-0.39, 0.29) is 11.9 Å². The summed E-state index contributed by atoms with van der Waals surface area (Å²) in [6.45, 7) is 4.92. The lowest BCUT2D eigenvalue weighted by molar-refractivity contribution is -0.120. The SMILES string of the molecule is CCCN1c2nc(-n3ccnc3-c3ccccc3)ncc2N(C)C(=O)[C@H]1CC. The van der Waals surface area contributed by atoms with Crippen LogP contribution in [0.5, 0.6) is 0 Å². The molecule has 1 aliphatic rings. The predicted octanol–water partition coefficient (Wildman–Crippen LogP) is 3.30. The van der Waals surface area contributed by atoms with Gasteiger partial charge in [-0.2, -0.15) is 4.98 Å². The fraction of sp³-hybridized carbons (Fsp3) is 0.333. The summed E-state index contributed by atoms with van der Waals surface area (Å²) in [6.07, 6.45) is 7.02. The number of rotatable bonds is 5. The highest BCUT2D eigenvalue weighted by Gasteiger charge is 2.36. The summed E-state index contributed by atoms with van der Waals surface area (Å²) < 4.78 is 1.89. The van der Waals surface area contributed by atoms with Crippen LogP contribution in [0.1, 0.15) is 26.7 Å². The van der Waals surface area contributed by atoms with Crippen LogP contribution in [0.25, 0.3) is 17.3 Å². The Labute approximate surface area is 164 Å². The van der Waals surface area contributed by atoms with E-state index in [4.69, 9.17) is 4.98 Å². The fourth-order valence-corrected chi connectivity index (χ4v) is 3.71. The number of imidazole rings is 1. The van der Waals surface area contributed by atoms with Gasteiger partial charge in [0.2, 0.25) is 11.9 Å². The minimum absolute atomic E-state index is 0.0902. The molecule has 28 heavy (non-hydrogen) atoms. The van der Waals surface area contributed by atoms with Gasteiger partial charge in [-0.3, -0.25) is 9.36 Å². The number of likely N-dealkylation sites (N-methyl/N-ethyl adjacent to an activating group) is 1. The summed E-state index contributed by atoms with van der Waals surface area (Å²) in [6, 6.07) is 9.78. The van der Waals surface area contributed by atoms with Crippen LogP contribution in [0.2, 0.25) is 0 Å². The molecule has 1 aromatic carbocycles. The Bertz CT molecular complexity index is 984. The third kappa shape index (κ3) is 2.93. The first kappa shape index (κ1) is 18.2. The van der Waals surface area contributed by atoms with Crippen LogP contribution < -0.4 is 9.80 Å². The standard InChI is InChI=1S/C21H24N6O/c1-4-12-26-16(5-2)20(28)25(3)17-14-23-21(24-19(17)26)27-13-11-22-18(27)15-9-7-6-8-10-15/h6-11,13-14,16H,4-5,12H2,1-3H3/t16-/m1/s1. The Kier molecular flexibility index (Phi) is 4.81. The average Bonchev–Trinajstić information content (AvgIpc) is 3.22. The van der Waals surface area contributed by atoms with E-state index < -0.39 is 0 Å². The van der Waals surface area contributed by atoms with Gasteiger partial charge in [0.1, 0.15) is 17.6 Å². The normalized spacial score (nSPS) is 16.4. The van der Waals surface area contributed by atoms with Crippen molar-refractivity contribution in [2.24, 2.45) is 0 Å². The molecule has 3 aromatic rings. The van der Waals surface area contributed by atoms with Crippen molar-refractivity contribution < 1.29 is 4.79 Å². The summed E-state index contributed by atoms with van der Waals surface area (Å²) in [5.74, 6) is 2.23. The van der Waals surface area contributed by atoms with E-state index in [1.807, 2.05) is 48.0 Å². The summed E-state index contributed by atoms with van der Waals surface area (Å²) in [4.78, 5) is 30.5. The van der Waals surface area contributed by atoms with Gasteiger partial charge in [-0.05, 0) is 12.8 Å². The number of carbonyl (C=O) groups excluding carboxylic acids is 1. The van der Waals surface area contributed by atoms with Crippen LogP contribution in [0.3, 0.4) is 0 Å². The highest BCUT2D eigenvalue weighted by molar-refractivity contribution is 6.04. The summed E-state index contributed by atoms with van der Waals surface area (Å²) >= 11 is 0. The number of hydrogen-bond acceptors (Lipinski definition) is 5. The lowest BCUT2D eigenvalue weighted by Crippen LogP contribution is -2.52. The smallest absolute Gasteiger partial charge is 0.249 e. The maximum absolute atomic E-state index is 12.8. The van der Waals surface area contributed by atoms with Gasteiger partial charge in [0, 0.05) is 31.5 Å². The summed E-state index contributed by atoms with van der Waals surface area (Å²) in [7, 11) is 1.79. The molecule has 1 amide bonds. The summed E-state index contributed by atoms with van der Waals surface area (Å²) in [5, 5.41) is 0. The maximum atomic E-state index is 12.8. The van der Waals surface area contributed by atoms with Crippen molar-refractivity contribution in [3.05, 3.63) is 48.9 Å². The van der Waals surface area contributed by atoms with Gasteiger partial charge in [0.05, 0.1) is 6.20 Å². The van der Waals surface area contributed by atoms with E-state index in [9.17, 15) is 4.79 Å². The molecule has 4 rings (SSSR count). The molecule has 0 radical (unpaired) electrons. The second-order valence-electron chi connectivity index (χ2n) is 6.88. The lowest BCUT2D eigenvalue weighted by atomic mass is 10.1. The minimum atomic E-state index is -0.198. The second-order valence-corrected chi connectivity index (χ2v) is 6.88. The first-order valence-corrected chi connectivity index (χ1v) is 9.66. The monoisotopic (exact) mass is 376 g/mol. The van der Waals surface area contributed by atoms with Crippen LogP contribution in [-0.4, -0.2) is 45.1 Å². The van der Waals surface area contributed by atoms with Gasteiger partial charge in [-0.15, -0.1) is 0 Å². The quantitative estimate of drug-likeness (QED) is 0.683. The zero-order valence-electron chi connectivity index (χ0n) is 16.4. The Morgan fingerprint density at radius 3 is 2.61 bits per heavy atom. The molecule has 0 bridgehead atoms. The first-order chi connectivity index (χ1) is 13.7. The molecule has 7 nitrogen and oxygen atoms in total. The minimum Gasteiger partial charge on any atom is -0.343 e. The fourth-order valence-electron chi connectivity index (χ4n) is 3.71. The molecule has 0 saturated carbocycles. The van der Waals surface area contributed by atoms with Crippen molar-refractivity contribution in [1.29, 1.82) is 0 Å². The van der Waals surface area contributed by atoms with Gasteiger partial charge in [0.15, 0.2) is 5.82 Å². The molecular formula is C21H24N6O. The second kappa shape index (κ2) is 7.42. The highest BCUT2D eigenvalue weighted by Crippen LogP contribution is 2.35. The van der Waals surface area contributed by atoms with Crippen molar-refractivity contribution in [2.75, 3.05) is 23.4 Å². The van der Waals surface area contributed by atoms with Crippen LogP contribution in [0.15, 0.2) is 48.9 Å². The Balaban J connectivity index is 1.83. The zero-order valence-corrected chi connectivity index (χ0v) is 16.4. The van der Waals surface area contributed by atoms with E-state index >= 15 is 0 Å². The van der Waals surface area contributed by atoms with Gasteiger partial charge in [-0.1, -0.05) is 44.2 Å². The Morgan fingerprint density at radius 1 is 1.11 bits per heavy atom. The molecule has 7 heteroatoms. The number of hydrogen-bond donors (Lipinski definition) is 0. The summed E-state index contributed by atoms with van der Waals surface area (Å²) in [5.41, 5.74) is 1.74. The molecule has 0 N–H and O–H groups in total. The Hall–Kier alpha value is -3.22. The van der Waals surface area contributed by atoms with Crippen LogP contribution in [0, 0.1) is 0 Å². The molecule has 0 fully saturated rings. The average molecular weight is 376 g/mol. The largest absolute Gasteiger partial charge is 0.343 e. The van der Waals surface area contributed by atoms with Crippen LogP contribution >= 0.6 is 0 Å². The van der Waals surface area contributed by atoms with E-state index in [0.29, 0.717) is 5.95 Å².